The van der Waals surface area contributed by atoms with Crippen LogP contribution in [0.4, 0.5) is 0 Å². The lowest BCUT2D eigenvalue weighted by Gasteiger charge is -2.21. The van der Waals surface area contributed by atoms with Crippen LogP contribution in [0.5, 0.6) is 0 Å². The van der Waals surface area contributed by atoms with E-state index in [1.807, 2.05) is 0 Å². The smallest absolute Gasteiger partial charge is 0.462 e. The van der Waals surface area contributed by atoms with Gasteiger partial charge in [-0.2, -0.15) is 0 Å². The van der Waals surface area contributed by atoms with E-state index in [1.165, 1.54) is 167 Å². The fourth-order valence-electron chi connectivity index (χ4n) is 11.2. The molecule has 0 saturated heterocycles. The van der Waals surface area contributed by atoms with Crippen molar-refractivity contribution in [3.63, 3.8) is 0 Å². The summed E-state index contributed by atoms with van der Waals surface area (Å²) in [5, 5.41) is 10.6. The van der Waals surface area contributed by atoms with Gasteiger partial charge in [-0.25, -0.2) is 9.13 Å². The van der Waals surface area contributed by atoms with Crippen LogP contribution in [0.15, 0.2) is 0 Å². The van der Waals surface area contributed by atoms with Crippen molar-refractivity contribution in [2.24, 2.45) is 23.7 Å². The predicted molar refractivity (Wildman–Crippen MR) is 377 cm³/mol. The number of phosphoric ester groups is 2. The molecule has 552 valence electrons. The summed E-state index contributed by atoms with van der Waals surface area (Å²) in [6, 6.07) is 0. The standard InChI is InChI=1S/C74H144O17P2/c1-64(2)50-42-34-26-21-17-15-13-11-9-10-12-14-16-18-23-29-38-46-54-71(76)84-60-69(91-74(79)57-49-41-31-25-28-36-44-52-66(5)6)62-88-92(80,81)86-58-68(75)59-87-93(82,83)89-63-70(61-85-72(77)55-47-39-33-32-37-45-53-67(7)8)90-73(78)56-48-40-30-24-20-19-22-27-35-43-51-65(3)4/h64-70,75H,9-63H2,1-8H3,(H,80,81)(H,82,83)/t68-,69-,70-/m1/s1. The molecule has 0 aliphatic rings. The summed E-state index contributed by atoms with van der Waals surface area (Å²) in [6.07, 6.45) is 47.6. The molecule has 0 aliphatic carbocycles. The molecule has 0 spiro atoms. The number of phosphoric acid groups is 2. The number of rotatable bonds is 71. The zero-order valence-electron chi connectivity index (χ0n) is 60.9. The summed E-state index contributed by atoms with van der Waals surface area (Å²) in [7, 11) is -9.90. The Kier molecular flexibility index (Phi) is 62.2. The minimum absolute atomic E-state index is 0.103. The number of aliphatic hydroxyl groups excluding tert-OH is 1. The number of carbonyl (C=O) groups is 4. The highest BCUT2D eigenvalue weighted by Gasteiger charge is 2.30. The van der Waals surface area contributed by atoms with Crippen molar-refractivity contribution < 1.29 is 80.2 Å². The minimum Gasteiger partial charge on any atom is -0.462 e. The normalized spacial score (nSPS) is 14.2. The topological polar surface area (TPSA) is 237 Å². The summed E-state index contributed by atoms with van der Waals surface area (Å²) < 4.78 is 68.3. The molecule has 0 saturated carbocycles. The first kappa shape index (κ1) is 91.1. The first-order valence-corrected chi connectivity index (χ1v) is 41.2. The minimum atomic E-state index is -4.95. The summed E-state index contributed by atoms with van der Waals surface area (Å²) in [5.41, 5.74) is 0. The number of esters is 4. The molecule has 0 heterocycles. The van der Waals surface area contributed by atoms with Gasteiger partial charge < -0.3 is 33.8 Å². The van der Waals surface area contributed by atoms with Gasteiger partial charge in [-0.15, -0.1) is 0 Å². The Bertz CT molecular complexity index is 1830. The highest BCUT2D eigenvalue weighted by Crippen LogP contribution is 2.45. The molecule has 3 N–H and O–H groups in total. The lowest BCUT2D eigenvalue weighted by molar-refractivity contribution is -0.161. The Hall–Kier alpha value is -1.94. The van der Waals surface area contributed by atoms with Gasteiger partial charge in [-0.05, 0) is 49.4 Å². The van der Waals surface area contributed by atoms with Crippen LogP contribution < -0.4 is 0 Å². The Labute approximate surface area is 568 Å². The Morgan fingerprint density at radius 2 is 0.452 bits per heavy atom. The van der Waals surface area contributed by atoms with Gasteiger partial charge in [0.05, 0.1) is 26.4 Å². The van der Waals surface area contributed by atoms with Gasteiger partial charge in [0.1, 0.15) is 19.3 Å². The van der Waals surface area contributed by atoms with Crippen molar-refractivity contribution in [3.8, 4) is 0 Å². The van der Waals surface area contributed by atoms with Crippen molar-refractivity contribution in [2.45, 2.75) is 388 Å². The van der Waals surface area contributed by atoms with E-state index in [-0.39, 0.29) is 25.7 Å². The summed E-state index contributed by atoms with van der Waals surface area (Å²) in [4.78, 5) is 72.6. The van der Waals surface area contributed by atoms with E-state index in [9.17, 15) is 43.2 Å². The highest BCUT2D eigenvalue weighted by atomic mass is 31.2. The zero-order chi connectivity index (χ0) is 68.9. The molecule has 0 bridgehead atoms. The van der Waals surface area contributed by atoms with Gasteiger partial charge in [0, 0.05) is 25.7 Å². The van der Waals surface area contributed by atoms with E-state index in [4.69, 9.17) is 37.0 Å². The molecule has 0 aliphatic heterocycles. The maximum absolute atomic E-state index is 13.0. The van der Waals surface area contributed by atoms with Crippen molar-refractivity contribution in [3.05, 3.63) is 0 Å². The lowest BCUT2D eigenvalue weighted by Crippen LogP contribution is -2.30. The molecular formula is C74H144O17P2. The SMILES string of the molecule is CC(C)CCCCCCCCCCCCCCCCCCCCC(=O)OC[C@H](COP(=O)(O)OC[C@@H](O)COP(=O)(O)OC[C@@H](COC(=O)CCCCCCCCC(C)C)OC(=O)CCCCCCCCCCCCC(C)C)OC(=O)CCCCCCCCCC(C)C. The molecule has 2 unspecified atom stereocenters. The molecule has 19 heteroatoms. The second-order valence-corrected chi connectivity index (χ2v) is 31.5. The second kappa shape index (κ2) is 63.5. The molecule has 0 rings (SSSR count). The van der Waals surface area contributed by atoms with E-state index in [1.54, 1.807) is 0 Å². The molecular weight excluding hydrogens is 1220 g/mol. The van der Waals surface area contributed by atoms with Crippen LogP contribution in [0.1, 0.15) is 370 Å². The van der Waals surface area contributed by atoms with Crippen LogP contribution in [-0.4, -0.2) is 96.7 Å². The van der Waals surface area contributed by atoms with E-state index >= 15 is 0 Å². The predicted octanol–water partition coefficient (Wildman–Crippen LogP) is 21.3. The molecule has 5 atom stereocenters. The van der Waals surface area contributed by atoms with Gasteiger partial charge in [0.2, 0.25) is 0 Å². The number of hydrogen-bond donors (Lipinski definition) is 3. The molecule has 0 aromatic rings. The second-order valence-electron chi connectivity index (χ2n) is 28.6. The van der Waals surface area contributed by atoms with Crippen LogP contribution >= 0.6 is 15.6 Å². The molecule has 0 radical (unpaired) electrons. The molecule has 93 heavy (non-hydrogen) atoms. The third-order valence-corrected chi connectivity index (χ3v) is 19.0. The third-order valence-electron chi connectivity index (χ3n) is 17.1. The lowest BCUT2D eigenvalue weighted by atomic mass is 10.0. The summed E-state index contributed by atoms with van der Waals surface area (Å²) >= 11 is 0. The van der Waals surface area contributed by atoms with Crippen molar-refractivity contribution in [2.75, 3.05) is 39.6 Å². The van der Waals surface area contributed by atoms with Crippen LogP contribution in [-0.2, 0) is 65.4 Å². The number of hydrogen-bond acceptors (Lipinski definition) is 15. The molecule has 17 nitrogen and oxygen atoms in total. The van der Waals surface area contributed by atoms with Crippen LogP contribution in [0.2, 0.25) is 0 Å². The van der Waals surface area contributed by atoms with Crippen LogP contribution in [0.3, 0.4) is 0 Å². The Balaban J connectivity index is 5.13. The Morgan fingerprint density at radius 3 is 0.667 bits per heavy atom. The fraction of sp³-hybridized carbons (Fsp3) is 0.946. The first-order chi connectivity index (χ1) is 44.6. The molecule has 0 fully saturated rings. The van der Waals surface area contributed by atoms with Gasteiger partial charge in [-0.3, -0.25) is 37.3 Å². The van der Waals surface area contributed by atoms with Crippen molar-refractivity contribution in [1.29, 1.82) is 0 Å². The zero-order valence-corrected chi connectivity index (χ0v) is 62.7. The number of carbonyl (C=O) groups excluding carboxylic acids is 4. The fourth-order valence-corrected chi connectivity index (χ4v) is 12.8. The number of ether oxygens (including phenoxy) is 4. The third kappa shape index (κ3) is 68.4. The maximum Gasteiger partial charge on any atom is 0.472 e. The van der Waals surface area contributed by atoms with Gasteiger partial charge in [0.15, 0.2) is 12.2 Å². The summed E-state index contributed by atoms with van der Waals surface area (Å²) in [6.45, 7) is 14.1. The van der Waals surface area contributed by atoms with Crippen molar-refractivity contribution >= 4 is 39.5 Å². The molecule has 0 amide bonds. The van der Waals surface area contributed by atoms with Crippen molar-refractivity contribution in [1.82, 2.24) is 0 Å². The highest BCUT2D eigenvalue weighted by molar-refractivity contribution is 7.47. The Morgan fingerprint density at radius 1 is 0.269 bits per heavy atom. The van der Waals surface area contributed by atoms with Gasteiger partial charge in [-0.1, -0.05) is 319 Å². The number of unbranched alkanes of at least 4 members (excludes halogenated alkanes) is 37. The average molecular weight is 1370 g/mol. The van der Waals surface area contributed by atoms with E-state index in [2.05, 4.69) is 55.4 Å². The maximum atomic E-state index is 13.0. The first-order valence-electron chi connectivity index (χ1n) is 38.2. The van der Waals surface area contributed by atoms with Gasteiger partial charge in [0.25, 0.3) is 0 Å². The molecule has 0 aromatic heterocycles. The van der Waals surface area contributed by atoms with Crippen LogP contribution in [0.25, 0.3) is 0 Å². The van der Waals surface area contributed by atoms with E-state index < -0.39 is 97.5 Å². The van der Waals surface area contributed by atoms with Crippen LogP contribution in [0, 0.1) is 23.7 Å². The average Bonchev–Trinajstić information content (AvgIpc) is 3.05. The summed E-state index contributed by atoms with van der Waals surface area (Å²) in [5.74, 6) is 0.821. The number of aliphatic hydroxyl groups is 1. The van der Waals surface area contributed by atoms with Gasteiger partial charge >= 0.3 is 39.5 Å². The monoisotopic (exact) mass is 1370 g/mol. The quantitative estimate of drug-likeness (QED) is 0.0222. The largest absolute Gasteiger partial charge is 0.472 e. The van der Waals surface area contributed by atoms with E-state index in [0.717, 1.165) is 108 Å². The van der Waals surface area contributed by atoms with E-state index in [0.29, 0.717) is 37.5 Å². The molecule has 0 aromatic carbocycles.